The van der Waals surface area contributed by atoms with Gasteiger partial charge in [0.25, 0.3) is 5.91 Å². The van der Waals surface area contributed by atoms with Crippen LogP contribution in [0, 0.1) is 0 Å². The van der Waals surface area contributed by atoms with E-state index >= 15 is 0 Å². The van der Waals surface area contributed by atoms with E-state index < -0.39 is 0 Å². The number of methoxy groups -OCH3 is 1. The molecule has 0 unspecified atom stereocenters. The van der Waals surface area contributed by atoms with Crippen molar-refractivity contribution in [2.24, 2.45) is 0 Å². The summed E-state index contributed by atoms with van der Waals surface area (Å²) >= 11 is 0. The molecule has 2 heterocycles. The number of oxazole rings is 1. The van der Waals surface area contributed by atoms with E-state index in [1.54, 1.807) is 49.7 Å². The van der Waals surface area contributed by atoms with Crippen LogP contribution in [0.3, 0.4) is 0 Å². The van der Waals surface area contributed by atoms with Gasteiger partial charge in [-0.05, 0) is 48.5 Å². The fraction of sp³-hybridized carbons (Fsp3) is 0.0833. The van der Waals surface area contributed by atoms with Gasteiger partial charge < -0.3 is 23.9 Å². The van der Waals surface area contributed by atoms with E-state index in [-0.39, 0.29) is 12.7 Å². The molecule has 0 spiro atoms. The third-order valence-corrected chi connectivity index (χ3v) is 4.91. The minimum atomic E-state index is -0.279. The van der Waals surface area contributed by atoms with Crippen molar-refractivity contribution >= 4 is 11.6 Å². The summed E-state index contributed by atoms with van der Waals surface area (Å²) in [5.41, 5.74) is 2.51. The number of nitrogens with one attached hydrogen (secondary N) is 1. The number of fused-ring (bicyclic) bond motifs is 1. The Hall–Kier alpha value is -4.26. The highest BCUT2D eigenvalue weighted by Gasteiger charge is 2.19. The molecule has 7 nitrogen and oxygen atoms in total. The van der Waals surface area contributed by atoms with E-state index in [9.17, 15) is 4.79 Å². The van der Waals surface area contributed by atoms with Crippen molar-refractivity contribution in [2.45, 2.75) is 0 Å². The van der Waals surface area contributed by atoms with Crippen molar-refractivity contribution < 1.29 is 23.4 Å². The molecule has 4 aromatic rings. The van der Waals surface area contributed by atoms with Gasteiger partial charge in [0.2, 0.25) is 12.7 Å². The van der Waals surface area contributed by atoms with Crippen molar-refractivity contribution in [2.75, 3.05) is 19.2 Å². The Kier molecular flexibility index (Phi) is 4.76. The zero-order chi connectivity index (χ0) is 21.2. The predicted molar refractivity (Wildman–Crippen MR) is 114 cm³/mol. The van der Waals surface area contributed by atoms with Gasteiger partial charge in [0.1, 0.15) is 5.75 Å². The Morgan fingerprint density at radius 2 is 1.81 bits per heavy atom. The van der Waals surface area contributed by atoms with Crippen molar-refractivity contribution in [3.05, 3.63) is 78.5 Å². The first-order valence-electron chi connectivity index (χ1n) is 9.62. The molecule has 0 fully saturated rings. The lowest BCUT2D eigenvalue weighted by molar-refractivity contribution is 0.102. The predicted octanol–water partition coefficient (Wildman–Crippen LogP) is 5.00. The van der Waals surface area contributed by atoms with Crippen LogP contribution in [-0.2, 0) is 0 Å². The third kappa shape index (κ3) is 3.69. The molecule has 0 bridgehead atoms. The molecule has 1 aliphatic rings. The van der Waals surface area contributed by atoms with Gasteiger partial charge in [0.15, 0.2) is 17.3 Å². The third-order valence-electron chi connectivity index (χ3n) is 4.91. The summed E-state index contributed by atoms with van der Waals surface area (Å²) in [4.78, 5) is 17.4. The molecule has 7 heteroatoms. The first-order valence-corrected chi connectivity index (χ1v) is 9.62. The normalized spacial score (nSPS) is 11.9. The van der Waals surface area contributed by atoms with Crippen molar-refractivity contribution in [3.8, 4) is 40.0 Å². The van der Waals surface area contributed by atoms with Gasteiger partial charge in [-0.25, -0.2) is 4.98 Å². The summed E-state index contributed by atoms with van der Waals surface area (Å²) in [6.45, 7) is 0.177. The maximum Gasteiger partial charge on any atom is 0.256 e. The Morgan fingerprint density at radius 1 is 1.00 bits per heavy atom. The molecule has 31 heavy (non-hydrogen) atoms. The molecule has 1 amide bonds. The van der Waals surface area contributed by atoms with E-state index in [1.165, 1.54) is 0 Å². The molecule has 1 aliphatic heterocycles. The Bertz CT molecular complexity index is 1250. The average molecular weight is 414 g/mol. The first kappa shape index (κ1) is 18.7. The molecule has 0 radical (unpaired) electrons. The van der Waals surface area contributed by atoms with Crippen LogP contribution < -0.4 is 19.5 Å². The average Bonchev–Trinajstić information content (AvgIpc) is 3.49. The fourth-order valence-electron chi connectivity index (χ4n) is 3.33. The second kappa shape index (κ2) is 7.87. The molecule has 0 atom stereocenters. The summed E-state index contributed by atoms with van der Waals surface area (Å²) in [6.07, 6.45) is 1.64. The van der Waals surface area contributed by atoms with E-state index in [0.29, 0.717) is 40.0 Å². The second-order valence-electron chi connectivity index (χ2n) is 6.83. The molecular weight excluding hydrogens is 396 g/mol. The topological polar surface area (TPSA) is 82.8 Å². The molecule has 0 aliphatic carbocycles. The van der Waals surface area contributed by atoms with Crippen LogP contribution in [0.4, 0.5) is 5.69 Å². The van der Waals surface area contributed by atoms with E-state index in [4.69, 9.17) is 18.6 Å². The number of amides is 1. The van der Waals surface area contributed by atoms with Gasteiger partial charge in [-0.15, -0.1) is 0 Å². The highest BCUT2D eigenvalue weighted by molar-refractivity contribution is 6.08. The highest BCUT2D eigenvalue weighted by atomic mass is 16.7. The lowest BCUT2D eigenvalue weighted by Crippen LogP contribution is -2.13. The number of hydrogen-bond acceptors (Lipinski definition) is 6. The first-order chi connectivity index (χ1) is 15.2. The number of benzene rings is 3. The molecule has 0 saturated carbocycles. The van der Waals surface area contributed by atoms with Crippen molar-refractivity contribution in [1.29, 1.82) is 0 Å². The van der Waals surface area contributed by atoms with Gasteiger partial charge in [-0.2, -0.15) is 0 Å². The van der Waals surface area contributed by atoms with Crippen molar-refractivity contribution in [3.63, 3.8) is 0 Å². The van der Waals surface area contributed by atoms with Crippen LogP contribution >= 0.6 is 0 Å². The Balaban J connectivity index is 1.41. The van der Waals surface area contributed by atoms with E-state index in [1.807, 2.05) is 30.3 Å². The van der Waals surface area contributed by atoms with Crippen LogP contribution in [0.2, 0.25) is 0 Å². The number of ether oxygens (including phenoxy) is 3. The molecule has 154 valence electrons. The Labute approximate surface area is 178 Å². The number of hydrogen-bond donors (Lipinski definition) is 1. The van der Waals surface area contributed by atoms with Gasteiger partial charge in [-0.1, -0.05) is 12.1 Å². The van der Waals surface area contributed by atoms with Gasteiger partial charge in [-0.3, -0.25) is 4.79 Å². The number of aromatic nitrogens is 1. The van der Waals surface area contributed by atoms with Gasteiger partial charge >= 0.3 is 0 Å². The summed E-state index contributed by atoms with van der Waals surface area (Å²) in [7, 11) is 1.62. The number of nitrogens with zero attached hydrogens (tertiary/aromatic N) is 1. The van der Waals surface area contributed by atoms with E-state index in [2.05, 4.69) is 10.3 Å². The second-order valence-corrected chi connectivity index (χ2v) is 6.83. The summed E-state index contributed by atoms with van der Waals surface area (Å²) in [6, 6.07) is 19.9. The number of carbonyl (C=O) groups is 1. The van der Waals surface area contributed by atoms with Crippen LogP contribution in [0.25, 0.3) is 22.8 Å². The zero-order valence-corrected chi connectivity index (χ0v) is 16.6. The Morgan fingerprint density at radius 3 is 2.65 bits per heavy atom. The molecule has 1 N–H and O–H groups in total. The minimum Gasteiger partial charge on any atom is -0.497 e. The standard InChI is InChI=1S/C24H18N2O5/c1-28-17-9-6-15(7-10-17)22-13-25-24(31-22)19-5-3-2-4-18(19)23(27)26-16-8-11-20-21(12-16)30-14-29-20/h2-13H,14H2,1H3,(H,26,27). The molecule has 1 aromatic heterocycles. The molecule has 0 saturated heterocycles. The number of carbonyl (C=O) groups excluding carboxylic acids is 1. The van der Waals surface area contributed by atoms with Crippen LogP contribution in [-0.4, -0.2) is 24.8 Å². The SMILES string of the molecule is COc1ccc(-c2cnc(-c3ccccc3C(=O)Nc3ccc4c(c3)OCO4)o2)cc1. The minimum absolute atomic E-state index is 0.177. The molecule has 5 rings (SSSR count). The van der Waals surface area contributed by atoms with E-state index in [0.717, 1.165) is 11.3 Å². The molecule has 3 aromatic carbocycles. The fourth-order valence-corrected chi connectivity index (χ4v) is 3.33. The lowest BCUT2D eigenvalue weighted by Gasteiger charge is -2.09. The zero-order valence-electron chi connectivity index (χ0n) is 16.6. The van der Waals surface area contributed by atoms with Crippen LogP contribution in [0.5, 0.6) is 17.2 Å². The maximum absolute atomic E-state index is 13.0. The quantitative estimate of drug-likeness (QED) is 0.495. The highest BCUT2D eigenvalue weighted by Crippen LogP contribution is 2.35. The smallest absolute Gasteiger partial charge is 0.256 e. The number of anilines is 1. The maximum atomic E-state index is 13.0. The van der Waals surface area contributed by atoms with Crippen molar-refractivity contribution in [1.82, 2.24) is 4.98 Å². The largest absolute Gasteiger partial charge is 0.497 e. The van der Waals surface area contributed by atoms with Crippen LogP contribution in [0.15, 0.2) is 77.3 Å². The summed E-state index contributed by atoms with van der Waals surface area (Å²) < 4.78 is 21.8. The molecular formula is C24H18N2O5. The lowest BCUT2D eigenvalue weighted by atomic mass is 10.1. The summed E-state index contributed by atoms with van der Waals surface area (Å²) in [5, 5.41) is 2.89. The monoisotopic (exact) mass is 414 g/mol. The van der Waals surface area contributed by atoms with Gasteiger partial charge in [0.05, 0.1) is 18.9 Å². The van der Waals surface area contributed by atoms with Gasteiger partial charge in [0, 0.05) is 22.9 Å². The van der Waals surface area contributed by atoms with Crippen LogP contribution in [0.1, 0.15) is 10.4 Å². The number of rotatable bonds is 5. The summed E-state index contributed by atoms with van der Waals surface area (Å²) in [5.74, 6) is 2.70.